The number of benzene rings is 1. The Hall–Kier alpha value is -2.41. The maximum Gasteiger partial charge on any atom is 0.227 e. The first-order valence-electron chi connectivity index (χ1n) is 8.11. The zero-order chi connectivity index (χ0) is 18.1. The summed E-state index contributed by atoms with van der Waals surface area (Å²) in [6.45, 7) is 4.56. The monoisotopic (exact) mass is 347 g/mol. The quantitative estimate of drug-likeness (QED) is 0.851. The number of halogens is 1. The first kappa shape index (κ1) is 17.4. The molecule has 25 heavy (non-hydrogen) atoms. The molecule has 0 atom stereocenters. The van der Waals surface area contributed by atoms with Crippen LogP contribution in [-0.4, -0.2) is 34.4 Å². The van der Waals surface area contributed by atoms with Crippen molar-refractivity contribution < 1.29 is 18.7 Å². The lowest BCUT2D eigenvalue weighted by molar-refractivity contribution is -0.129. The standard InChI is InChI=1S/C18H22FN3O3/c1-11-16(12(2)22(4)20-11)7-17(23)21(3)8-13-5-15(19)6-14-9-24-10-25-18(13)14/h5-6H,7-10H2,1-4H3. The van der Waals surface area contributed by atoms with Gasteiger partial charge in [-0.2, -0.15) is 5.10 Å². The lowest BCUT2D eigenvalue weighted by Crippen LogP contribution is -2.29. The van der Waals surface area contributed by atoms with Gasteiger partial charge >= 0.3 is 0 Å². The van der Waals surface area contributed by atoms with Gasteiger partial charge in [0, 0.05) is 43.0 Å². The molecule has 134 valence electrons. The summed E-state index contributed by atoms with van der Waals surface area (Å²) in [5.74, 6) is 0.202. The molecule has 0 N–H and O–H groups in total. The van der Waals surface area contributed by atoms with Gasteiger partial charge in [-0.15, -0.1) is 0 Å². The molecule has 2 aromatic rings. The Morgan fingerprint density at radius 3 is 2.84 bits per heavy atom. The van der Waals surface area contributed by atoms with Gasteiger partial charge in [0.05, 0.1) is 18.7 Å². The maximum atomic E-state index is 13.8. The largest absolute Gasteiger partial charge is 0.467 e. The highest BCUT2D eigenvalue weighted by atomic mass is 19.1. The Morgan fingerprint density at radius 2 is 2.16 bits per heavy atom. The highest BCUT2D eigenvalue weighted by Gasteiger charge is 2.21. The molecule has 0 saturated heterocycles. The smallest absolute Gasteiger partial charge is 0.227 e. The van der Waals surface area contributed by atoms with Crippen molar-refractivity contribution >= 4 is 5.91 Å². The number of aryl methyl sites for hydroxylation is 2. The summed E-state index contributed by atoms with van der Waals surface area (Å²) in [6.07, 6.45) is 0.267. The molecule has 1 aromatic carbocycles. The normalized spacial score (nSPS) is 13.3. The summed E-state index contributed by atoms with van der Waals surface area (Å²) in [5.41, 5.74) is 4.08. The van der Waals surface area contributed by atoms with E-state index in [1.807, 2.05) is 20.9 Å². The number of ether oxygens (including phenoxy) is 2. The molecule has 3 rings (SSSR count). The Morgan fingerprint density at radius 1 is 1.40 bits per heavy atom. The molecule has 1 aliphatic rings. The molecule has 0 aliphatic carbocycles. The van der Waals surface area contributed by atoms with Crippen molar-refractivity contribution in [2.45, 2.75) is 33.4 Å². The van der Waals surface area contributed by atoms with Gasteiger partial charge in [-0.25, -0.2) is 4.39 Å². The van der Waals surface area contributed by atoms with Crippen molar-refractivity contribution in [2.75, 3.05) is 13.8 Å². The molecule has 1 aliphatic heterocycles. The number of hydrogen-bond acceptors (Lipinski definition) is 4. The zero-order valence-electron chi connectivity index (χ0n) is 14.9. The fourth-order valence-corrected chi connectivity index (χ4v) is 3.08. The average Bonchev–Trinajstić information content (AvgIpc) is 2.80. The van der Waals surface area contributed by atoms with Crippen LogP contribution in [0.5, 0.6) is 5.75 Å². The Kier molecular flexibility index (Phi) is 4.76. The first-order chi connectivity index (χ1) is 11.9. The molecular formula is C18H22FN3O3. The second-order valence-corrected chi connectivity index (χ2v) is 6.36. The Bertz CT molecular complexity index is 816. The lowest BCUT2D eigenvalue weighted by Gasteiger charge is -2.24. The van der Waals surface area contributed by atoms with E-state index in [1.54, 1.807) is 16.6 Å². The van der Waals surface area contributed by atoms with E-state index in [0.717, 1.165) is 17.0 Å². The van der Waals surface area contributed by atoms with Crippen LogP contribution < -0.4 is 4.74 Å². The maximum absolute atomic E-state index is 13.8. The van der Waals surface area contributed by atoms with Gasteiger partial charge in [0.1, 0.15) is 11.6 Å². The van der Waals surface area contributed by atoms with Crippen molar-refractivity contribution in [3.63, 3.8) is 0 Å². The Labute approximate surface area is 146 Å². The minimum absolute atomic E-state index is 0.0516. The van der Waals surface area contributed by atoms with E-state index in [0.29, 0.717) is 23.5 Å². The van der Waals surface area contributed by atoms with E-state index in [4.69, 9.17) is 9.47 Å². The van der Waals surface area contributed by atoms with Crippen LogP contribution in [0.15, 0.2) is 12.1 Å². The van der Waals surface area contributed by atoms with Crippen LogP contribution in [0.3, 0.4) is 0 Å². The number of nitrogens with zero attached hydrogens (tertiary/aromatic N) is 3. The van der Waals surface area contributed by atoms with Crippen molar-refractivity contribution in [1.29, 1.82) is 0 Å². The van der Waals surface area contributed by atoms with Crippen molar-refractivity contribution in [2.24, 2.45) is 7.05 Å². The van der Waals surface area contributed by atoms with Crippen LogP contribution in [0.25, 0.3) is 0 Å². The van der Waals surface area contributed by atoms with Gasteiger partial charge < -0.3 is 14.4 Å². The van der Waals surface area contributed by atoms with Gasteiger partial charge in [0.15, 0.2) is 6.79 Å². The predicted molar refractivity (Wildman–Crippen MR) is 89.5 cm³/mol. The lowest BCUT2D eigenvalue weighted by atomic mass is 10.1. The van der Waals surface area contributed by atoms with E-state index in [9.17, 15) is 9.18 Å². The van der Waals surface area contributed by atoms with E-state index in [2.05, 4.69) is 5.10 Å². The van der Waals surface area contributed by atoms with Crippen LogP contribution in [0.2, 0.25) is 0 Å². The third-order valence-corrected chi connectivity index (χ3v) is 4.57. The molecule has 1 amide bonds. The van der Waals surface area contributed by atoms with Crippen LogP contribution in [0, 0.1) is 19.7 Å². The van der Waals surface area contributed by atoms with Gasteiger partial charge in [0.2, 0.25) is 5.91 Å². The molecule has 0 saturated carbocycles. The minimum atomic E-state index is -0.359. The molecule has 0 bridgehead atoms. The molecule has 0 fully saturated rings. The summed E-state index contributed by atoms with van der Waals surface area (Å²) < 4.78 is 26.3. The fourth-order valence-electron chi connectivity index (χ4n) is 3.08. The first-order valence-corrected chi connectivity index (χ1v) is 8.11. The Balaban J connectivity index is 1.77. The van der Waals surface area contributed by atoms with E-state index < -0.39 is 0 Å². The third kappa shape index (κ3) is 3.51. The fraction of sp³-hybridized carbons (Fsp3) is 0.444. The number of rotatable bonds is 4. The highest BCUT2D eigenvalue weighted by Crippen LogP contribution is 2.30. The number of carbonyl (C=O) groups is 1. The number of fused-ring (bicyclic) bond motifs is 1. The topological polar surface area (TPSA) is 56.6 Å². The molecule has 0 spiro atoms. The van der Waals surface area contributed by atoms with Crippen molar-refractivity contribution in [3.8, 4) is 5.75 Å². The molecule has 2 heterocycles. The zero-order valence-corrected chi connectivity index (χ0v) is 14.9. The predicted octanol–water partition coefficient (Wildman–Crippen LogP) is 2.24. The van der Waals surface area contributed by atoms with E-state index >= 15 is 0 Å². The van der Waals surface area contributed by atoms with Gasteiger partial charge in [0.25, 0.3) is 0 Å². The number of hydrogen-bond donors (Lipinski definition) is 0. The van der Waals surface area contributed by atoms with Crippen LogP contribution in [-0.2, 0) is 36.2 Å². The molecule has 1 aromatic heterocycles. The van der Waals surface area contributed by atoms with Crippen LogP contribution >= 0.6 is 0 Å². The van der Waals surface area contributed by atoms with E-state index in [-0.39, 0.29) is 31.5 Å². The summed E-state index contributed by atoms with van der Waals surface area (Å²) >= 11 is 0. The molecule has 6 nitrogen and oxygen atoms in total. The number of likely N-dealkylation sites (N-methyl/N-ethyl adjacent to an activating group) is 1. The van der Waals surface area contributed by atoms with Crippen molar-refractivity contribution in [1.82, 2.24) is 14.7 Å². The second kappa shape index (κ2) is 6.84. The molecule has 7 heteroatoms. The van der Waals surface area contributed by atoms with Gasteiger partial charge in [-0.1, -0.05) is 0 Å². The number of amides is 1. The van der Waals surface area contributed by atoms with Gasteiger partial charge in [-0.3, -0.25) is 9.48 Å². The highest BCUT2D eigenvalue weighted by molar-refractivity contribution is 5.79. The van der Waals surface area contributed by atoms with Gasteiger partial charge in [-0.05, 0) is 26.0 Å². The van der Waals surface area contributed by atoms with Crippen molar-refractivity contribution in [3.05, 3.63) is 46.0 Å². The number of aromatic nitrogens is 2. The SMILES string of the molecule is Cc1nn(C)c(C)c1CC(=O)N(C)Cc1cc(F)cc2c1OCOC2. The molecule has 0 unspecified atom stereocenters. The summed E-state index contributed by atoms with van der Waals surface area (Å²) in [6, 6.07) is 2.82. The summed E-state index contributed by atoms with van der Waals surface area (Å²) in [4.78, 5) is 14.2. The number of carbonyl (C=O) groups excluding carboxylic acids is 1. The summed E-state index contributed by atoms with van der Waals surface area (Å²) in [5, 5.41) is 4.34. The third-order valence-electron chi connectivity index (χ3n) is 4.57. The second-order valence-electron chi connectivity index (χ2n) is 6.36. The average molecular weight is 347 g/mol. The van der Waals surface area contributed by atoms with Crippen LogP contribution in [0.4, 0.5) is 4.39 Å². The summed E-state index contributed by atoms with van der Waals surface area (Å²) in [7, 11) is 3.57. The van der Waals surface area contributed by atoms with Crippen LogP contribution in [0.1, 0.15) is 28.1 Å². The molecule has 0 radical (unpaired) electrons. The minimum Gasteiger partial charge on any atom is -0.467 e. The molecular weight excluding hydrogens is 325 g/mol. The van der Waals surface area contributed by atoms with E-state index in [1.165, 1.54) is 12.1 Å².